The van der Waals surface area contributed by atoms with Crippen molar-refractivity contribution in [3.8, 4) is 0 Å². The average molecular weight is 400 g/mol. The predicted octanol–water partition coefficient (Wildman–Crippen LogP) is 1.97. The molecule has 0 aromatic heterocycles. The molecule has 0 bridgehead atoms. The molecule has 28 heavy (non-hydrogen) atoms. The van der Waals surface area contributed by atoms with E-state index in [4.69, 9.17) is 0 Å². The van der Waals surface area contributed by atoms with Crippen LogP contribution in [0.25, 0.3) is 0 Å². The molecule has 0 unspecified atom stereocenters. The number of sulfonamides is 1. The van der Waals surface area contributed by atoms with E-state index >= 15 is 0 Å². The van der Waals surface area contributed by atoms with Gasteiger partial charge in [0, 0.05) is 19.5 Å². The molecule has 9 heteroatoms. The molecule has 0 saturated heterocycles. The molecule has 1 heterocycles. The fourth-order valence-corrected chi connectivity index (χ4v) is 4.16. The van der Waals surface area contributed by atoms with Crippen molar-refractivity contribution in [2.24, 2.45) is 4.40 Å². The van der Waals surface area contributed by atoms with Crippen LogP contribution in [0.3, 0.4) is 0 Å². The fourth-order valence-electron chi connectivity index (χ4n) is 2.90. The lowest BCUT2D eigenvalue weighted by molar-refractivity contribution is -0.116. The van der Waals surface area contributed by atoms with Gasteiger partial charge in [0.2, 0.25) is 11.8 Å². The van der Waals surface area contributed by atoms with Crippen LogP contribution in [0.5, 0.6) is 0 Å². The summed E-state index contributed by atoms with van der Waals surface area (Å²) in [5.74, 6) is -0.403. The summed E-state index contributed by atoms with van der Waals surface area (Å²) < 4.78 is 28.1. The van der Waals surface area contributed by atoms with Crippen LogP contribution >= 0.6 is 0 Å². The minimum absolute atomic E-state index is 0.115. The lowest BCUT2D eigenvalue weighted by atomic mass is 10.2. The van der Waals surface area contributed by atoms with Gasteiger partial charge in [0.25, 0.3) is 10.0 Å². The summed E-state index contributed by atoms with van der Waals surface area (Å²) in [4.78, 5) is 25.5. The molecular formula is C19H20N4O4S. The first kappa shape index (κ1) is 19.6. The molecule has 0 saturated carbocycles. The number of hydrogen-bond acceptors (Lipinski definition) is 5. The number of benzene rings is 2. The van der Waals surface area contributed by atoms with Crippen molar-refractivity contribution in [2.75, 3.05) is 24.2 Å². The molecule has 146 valence electrons. The van der Waals surface area contributed by atoms with Crippen molar-refractivity contribution < 1.29 is 18.0 Å². The maximum absolute atomic E-state index is 12.5. The van der Waals surface area contributed by atoms with E-state index in [0.29, 0.717) is 16.9 Å². The first-order valence-electron chi connectivity index (χ1n) is 8.51. The number of carbonyl (C=O) groups is 2. The number of hydrogen-bond donors (Lipinski definition) is 2. The second-order valence-corrected chi connectivity index (χ2v) is 8.09. The van der Waals surface area contributed by atoms with Gasteiger partial charge in [-0.1, -0.05) is 18.2 Å². The summed E-state index contributed by atoms with van der Waals surface area (Å²) in [6.07, 6.45) is 0. The number of fused-ring (bicyclic) bond motifs is 1. The molecule has 2 aromatic carbocycles. The summed E-state index contributed by atoms with van der Waals surface area (Å²) in [6.45, 7) is 3.14. The summed E-state index contributed by atoms with van der Waals surface area (Å²) in [5.41, 5.74) is 2.33. The first-order valence-corrected chi connectivity index (χ1v) is 9.95. The fraction of sp³-hybridized carbons (Fsp3) is 0.211. The van der Waals surface area contributed by atoms with E-state index in [1.165, 1.54) is 17.9 Å². The average Bonchev–Trinajstić information content (AvgIpc) is 2.89. The molecular weight excluding hydrogens is 380 g/mol. The van der Waals surface area contributed by atoms with Gasteiger partial charge in [0.15, 0.2) is 5.84 Å². The Morgan fingerprint density at radius 1 is 1.07 bits per heavy atom. The number of aryl methyl sites for hydroxylation is 1. The standard InChI is InChI=1S/C19H20N4O4S/c1-12-8-9-15(20-13(2)24)16(10-12)21-18(25)11-23(3)19-14-6-4-5-7-17(14)28(26,27)22-19/h4-10H,11H2,1-3H3,(H,20,24)(H,21,25). The number of anilines is 2. The summed E-state index contributed by atoms with van der Waals surface area (Å²) in [7, 11) is -2.15. The third-order valence-electron chi connectivity index (χ3n) is 4.11. The molecule has 2 N–H and O–H groups in total. The van der Waals surface area contributed by atoms with Crippen LogP contribution < -0.4 is 10.6 Å². The number of likely N-dealkylation sites (N-methyl/N-ethyl adjacent to an activating group) is 1. The number of nitrogens with zero attached hydrogens (tertiary/aromatic N) is 2. The van der Waals surface area contributed by atoms with Crippen LogP contribution in [-0.4, -0.2) is 44.6 Å². The zero-order valence-electron chi connectivity index (χ0n) is 15.7. The Morgan fingerprint density at radius 2 is 1.79 bits per heavy atom. The molecule has 0 spiro atoms. The number of amidine groups is 1. The Labute approximate surface area is 163 Å². The van der Waals surface area contributed by atoms with Gasteiger partial charge in [-0.25, -0.2) is 0 Å². The van der Waals surface area contributed by atoms with E-state index < -0.39 is 10.0 Å². The van der Waals surface area contributed by atoms with Crippen LogP contribution in [0, 0.1) is 6.92 Å². The highest BCUT2D eigenvalue weighted by Crippen LogP contribution is 2.27. The summed E-state index contributed by atoms with van der Waals surface area (Å²) in [6, 6.07) is 11.8. The van der Waals surface area contributed by atoms with Crippen molar-refractivity contribution in [1.29, 1.82) is 0 Å². The molecule has 3 rings (SSSR count). The van der Waals surface area contributed by atoms with Gasteiger partial charge in [-0.05, 0) is 36.8 Å². The third kappa shape index (κ3) is 4.04. The first-order chi connectivity index (χ1) is 13.2. The Morgan fingerprint density at radius 3 is 2.50 bits per heavy atom. The van der Waals surface area contributed by atoms with E-state index in [-0.39, 0.29) is 29.1 Å². The third-order valence-corrected chi connectivity index (χ3v) is 5.44. The Bertz CT molecular complexity index is 1090. The zero-order chi connectivity index (χ0) is 20.5. The summed E-state index contributed by atoms with van der Waals surface area (Å²) >= 11 is 0. The number of nitrogens with one attached hydrogen (secondary N) is 2. The van der Waals surface area contributed by atoms with Crippen molar-refractivity contribution in [1.82, 2.24) is 4.90 Å². The van der Waals surface area contributed by atoms with Crippen LogP contribution in [0.1, 0.15) is 18.1 Å². The monoisotopic (exact) mass is 400 g/mol. The van der Waals surface area contributed by atoms with Crippen LogP contribution in [0.15, 0.2) is 51.8 Å². The Kier molecular flexibility index (Phi) is 5.19. The van der Waals surface area contributed by atoms with E-state index in [1.54, 1.807) is 37.4 Å². The molecule has 1 aliphatic heterocycles. The van der Waals surface area contributed by atoms with Gasteiger partial charge in [0.1, 0.15) is 4.90 Å². The van der Waals surface area contributed by atoms with Gasteiger partial charge in [-0.3, -0.25) is 9.59 Å². The van der Waals surface area contributed by atoms with Crippen molar-refractivity contribution in [3.63, 3.8) is 0 Å². The van der Waals surface area contributed by atoms with Gasteiger partial charge in [-0.15, -0.1) is 4.40 Å². The molecule has 0 radical (unpaired) electrons. The summed E-state index contributed by atoms with van der Waals surface area (Å²) in [5, 5.41) is 5.42. The van der Waals surface area contributed by atoms with Crippen LogP contribution in [0.2, 0.25) is 0 Å². The quantitative estimate of drug-likeness (QED) is 0.816. The van der Waals surface area contributed by atoms with Crippen LogP contribution in [-0.2, 0) is 19.6 Å². The van der Waals surface area contributed by atoms with Crippen molar-refractivity contribution in [3.05, 3.63) is 53.6 Å². The molecule has 0 fully saturated rings. The van der Waals surface area contributed by atoms with Crippen molar-refractivity contribution >= 4 is 39.0 Å². The van der Waals surface area contributed by atoms with E-state index in [1.807, 2.05) is 13.0 Å². The highest BCUT2D eigenvalue weighted by molar-refractivity contribution is 7.90. The van der Waals surface area contributed by atoms with Gasteiger partial charge < -0.3 is 15.5 Å². The van der Waals surface area contributed by atoms with E-state index in [2.05, 4.69) is 15.0 Å². The Hall–Kier alpha value is -3.20. The van der Waals surface area contributed by atoms with Gasteiger partial charge >= 0.3 is 0 Å². The Balaban J connectivity index is 1.78. The topological polar surface area (TPSA) is 108 Å². The molecule has 8 nitrogen and oxygen atoms in total. The second kappa shape index (κ2) is 7.43. The minimum atomic E-state index is -3.75. The number of carbonyl (C=O) groups excluding carboxylic acids is 2. The van der Waals surface area contributed by atoms with Crippen LogP contribution in [0.4, 0.5) is 11.4 Å². The second-order valence-electron chi connectivity index (χ2n) is 6.52. The van der Waals surface area contributed by atoms with Crippen molar-refractivity contribution in [2.45, 2.75) is 18.7 Å². The molecule has 0 atom stereocenters. The molecule has 2 aromatic rings. The maximum Gasteiger partial charge on any atom is 0.285 e. The SMILES string of the molecule is CC(=O)Nc1ccc(C)cc1NC(=O)CN(C)C1=NS(=O)(=O)c2ccccc21. The normalized spacial score (nSPS) is 14.0. The predicted molar refractivity (Wildman–Crippen MR) is 107 cm³/mol. The van der Waals surface area contributed by atoms with Gasteiger partial charge in [-0.2, -0.15) is 8.42 Å². The minimum Gasteiger partial charge on any atom is -0.349 e. The smallest absolute Gasteiger partial charge is 0.285 e. The molecule has 1 aliphatic rings. The lowest BCUT2D eigenvalue weighted by Gasteiger charge is -2.19. The van der Waals surface area contributed by atoms with Gasteiger partial charge in [0.05, 0.1) is 17.9 Å². The number of amides is 2. The highest BCUT2D eigenvalue weighted by atomic mass is 32.2. The zero-order valence-corrected chi connectivity index (χ0v) is 16.5. The lowest BCUT2D eigenvalue weighted by Crippen LogP contribution is -2.35. The maximum atomic E-state index is 12.5. The highest BCUT2D eigenvalue weighted by Gasteiger charge is 2.30. The molecule has 2 amide bonds. The largest absolute Gasteiger partial charge is 0.349 e. The van der Waals surface area contributed by atoms with E-state index in [9.17, 15) is 18.0 Å². The number of rotatable bonds is 4. The molecule has 0 aliphatic carbocycles. The van der Waals surface area contributed by atoms with E-state index in [0.717, 1.165) is 5.56 Å².